The van der Waals surface area contributed by atoms with Gasteiger partial charge in [0.2, 0.25) is 5.88 Å². The van der Waals surface area contributed by atoms with Gasteiger partial charge in [0.1, 0.15) is 0 Å². The summed E-state index contributed by atoms with van der Waals surface area (Å²) < 4.78 is 9.90. The Balaban J connectivity index is 1.69. The number of carboxylic acid groups (broad SMARTS) is 1. The summed E-state index contributed by atoms with van der Waals surface area (Å²) >= 11 is 0. The largest absolute Gasteiger partial charge is 0.512 e. The molecular formula is C15H21NO4. The molecule has 1 saturated heterocycles. The van der Waals surface area contributed by atoms with E-state index < -0.39 is 6.16 Å². The molecule has 0 radical (unpaired) electrons. The van der Waals surface area contributed by atoms with Gasteiger partial charge in [-0.25, -0.2) is 9.78 Å². The fourth-order valence-corrected chi connectivity index (χ4v) is 2.55. The summed E-state index contributed by atoms with van der Waals surface area (Å²) in [5.74, 6) is 0.964. The Morgan fingerprint density at radius 2 is 2.20 bits per heavy atom. The number of unbranched alkanes of at least 4 members (excludes halogenated alkanes) is 1. The van der Waals surface area contributed by atoms with Gasteiger partial charge in [-0.1, -0.05) is 12.8 Å². The lowest BCUT2D eigenvalue weighted by atomic mass is 9.93. The lowest BCUT2D eigenvalue weighted by Crippen LogP contribution is -2.15. The van der Waals surface area contributed by atoms with Crippen molar-refractivity contribution >= 4 is 6.16 Å². The van der Waals surface area contributed by atoms with Crippen molar-refractivity contribution in [1.82, 2.24) is 4.98 Å². The second-order valence-electron chi connectivity index (χ2n) is 5.17. The molecule has 0 atom stereocenters. The number of rotatable bonds is 6. The summed E-state index contributed by atoms with van der Waals surface area (Å²) in [7, 11) is 0. The highest BCUT2D eigenvalue weighted by molar-refractivity contribution is 5.60. The molecule has 0 unspecified atom stereocenters. The molecule has 110 valence electrons. The first kappa shape index (κ1) is 14.8. The van der Waals surface area contributed by atoms with Crippen molar-refractivity contribution in [3.8, 4) is 5.88 Å². The Labute approximate surface area is 118 Å². The van der Waals surface area contributed by atoms with Crippen LogP contribution in [0.3, 0.4) is 0 Å². The molecule has 1 aliphatic heterocycles. The number of hydrogen-bond acceptors (Lipinski definition) is 4. The van der Waals surface area contributed by atoms with Crippen LogP contribution in [0.1, 0.15) is 37.7 Å². The molecule has 2 heterocycles. The molecule has 0 aromatic carbocycles. The van der Waals surface area contributed by atoms with Crippen LogP contribution in [0.5, 0.6) is 5.88 Å². The zero-order valence-electron chi connectivity index (χ0n) is 11.6. The first-order valence-corrected chi connectivity index (χ1v) is 7.17. The van der Waals surface area contributed by atoms with Gasteiger partial charge in [0.15, 0.2) is 0 Å². The van der Waals surface area contributed by atoms with E-state index in [4.69, 9.17) is 9.84 Å². The van der Waals surface area contributed by atoms with Crippen LogP contribution in [0.25, 0.3) is 0 Å². The number of aryl methyl sites for hydroxylation is 1. The molecule has 1 N–H and O–H groups in total. The van der Waals surface area contributed by atoms with Gasteiger partial charge in [0, 0.05) is 25.5 Å². The normalized spacial score (nSPS) is 16.0. The zero-order chi connectivity index (χ0) is 14.2. The van der Waals surface area contributed by atoms with E-state index >= 15 is 0 Å². The standard InChI is InChI=1S/C15H21NO4/c17-15(18)20-14-11-13(5-8-16-14)4-2-1-3-12-6-9-19-10-7-12/h5,8,11-12H,1-4,6-7,9-10H2,(H,17,18). The van der Waals surface area contributed by atoms with E-state index in [1.54, 1.807) is 12.3 Å². The van der Waals surface area contributed by atoms with Crippen LogP contribution >= 0.6 is 0 Å². The van der Waals surface area contributed by atoms with Crippen LogP contribution in [0, 0.1) is 5.92 Å². The summed E-state index contributed by atoms with van der Waals surface area (Å²) in [5, 5.41) is 8.54. The average Bonchev–Trinajstić information content (AvgIpc) is 2.44. The number of carbonyl (C=O) groups is 1. The lowest BCUT2D eigenvalue weighted by Gasteiger charge is -2.21. The first-order valence-electron chi connectivity index (χ1n) is 7.17. The fourth-order valence-electron chi connectivity index (χ4n) is 2.55. The highest BCUT2D eigenvalue weighted by Gasteiger charge is 2.12. The molecule has 0 spiro atoms. The van der Waals surface area contributed by atoms with E-state index in [0.29, 0.717) is 0 Å². The molecule has 0 aliphatic carbocycles. The molecule has 1 aromatic rings. The van der Waals surface area contributed by atoms with Crippen LogP contribution in [-0.4, -0.2) is 29.5 Å². The van der Waals surface area contributed by atoms with Crippen LogP contribution in [0.15, 0.2) is 18.3 Å². The third-order valence-corrected chi connectivity index (χ3v) is 3.66. The van der Waals surface area contributed by atoms with Gasteiger partial charge in [0.25, 0.3) is 0 Å². The maximum atomic E-state index is 10.4. The zero-order valence-corrected chi connectivity index (χ0v) is 11.6. The summed E-state index contributed by atoms with van der Waals surface area (Å²) in [6.45, 7) is 1.82. The van der Waals surface area contributed by atoms with Crippen molar-refractivity contribution in [2.45, 2.75) is 38.5 Å². The van der Waals surface area contributed by atoms with Crippen molar-refractivity contribution in [3.05, 3.63) is 23.9 Å². The van der Waals surface area contributed by atoms with Crippen LogP contribution in [0.2, 0.25) is 0 Å². The molecule has 2 rings (SSSR count). The molecule has 1 aromatic heterocycles. The minimum absolute atomic E-state index is 0.152. The number of aromatic nitrogens is 1. The average molecular weight is 279 g/mol. The molecule has 5 nitrogen and oxygen atoms in total. The first-order chi connectivity index (χ1) is 9.74. The molecular weight excluding hydrogens is 258 g/mol. The molecule has 20 heavy (non-hydrogen) atoms. The maximum Gasteiger partial charge on any atom is 0.512 e. The predicted octanol–water partition coefficient (Wildman–Crippen LogP) is 3.28. The summed E-state index contributed by atoms with van der Waals surface area (Å²) in [6, 6.07) is 3.60. The third kappa shape index (κ3) is 5.17. The summed E-state index contributed by atoms with van der Waals surface area (Å²) in [4.78, 5) is 14.3. The Morgan fingerprint density at radius 3 is 2.95 bits per heavy atom. The fraction of sp³-hybridized carbons (Fsp3) is 0.600. The maximum absolute atomic E-state index is 10.4. The minimum atomic E-state index is -1.32. The monoisotopic (exact) mass is 279 g/mol. The minimum Gasteiger partial charge on any atom is -0.449 e. The van der Waals surface area contributed by atoms with Gasteiger partial charge in [-0.3, -0.25) is 0 Å². The molecule has 0 amide bonds. The second-order valence-corrected chi connectivity index (χ2v) is 5.17. The van der Waals surface area contributed by atoms with E-state index in [0.717, 1.165) is 37.5 Å². The molecule has 0 bridgehead atoms. The number of pyridine rings is 1. The van der Waals surface area contributed by atoms with Gasteiger partial charge in [-0.15, -0.1) is 0 Å². The van der Waals surface area contributed by atoms with Crippen molar-refractivity contribution in [2.24, 2.45) is 5.92 Å². The van der Waals surface area contributed by atoms with Gasteiger partial charge in [0.05, 0.1) is 0 Å². The molecule has 0 saturated carbocycles. The SMILES string of the molecule is O=C(O)Oc1cc(CCCCC2CCOCC2)ccn1. The van der Waals surface area contributed by atoms with Crippen molar-refractivity contribution in [1.29, 1.82) is 0 Å². The van der Waals surface area contributed by atoms with E-state index in [9.17, 15) is 4.79 Å². The van der Waals surface area contributed by atoms with E-state index in [2.05, 4.69) is 9.72 Å². The quantitative estimate of drug-likeness (QED) is 0.639. The molecule has 5 heteroatoms. The Morgan fingerprint density at radius 1 is 1.40 bits per heavy atom. The topological polar surface area (TPSA) is 68.7 Å². The van der Waals surface area contributed by atoms with E-state index in [1.165, 1.54) is 25.7 Å². The predicted molar refractivity (Wildman–Crippen MR) is 74.0 cm³/mol. The number of nitrogens with zero attached hydrogens (tertiary/aromatic N) is 1. The highest BCUT2D eigenvalue weighted by Crippen LogP contribution is 2.21. The lowest BCUT2D eigenvalue weighted by molar-refractivity contribution is 0.0631. The summed E-state index contributed by atoms with van der Waals surface area (Å²) in [6.07, 6.45) is 7.13. The van der Waals surface area contributed by atoms with Crippen molar-refractivity contribution in [3.63, 3.8) is 0 Å². The van der Waals surface area contributed by atoms with Crippen LogP contribution < -0.4 is 4.74 Å². The Bertz CT molecular complexity index is 430. The smallest absolute Gasteiger partial charge is 0.449 e. The molecule has 1 fully saturated rings. The van der Waals surface area contributed by atoms with Gasteiger partial charge in [-0.05, 0) is 43.2 Å². The van der Waals surface area contributed by atoms with Crippen LogP contribution in [-0.2, 0) is 11.2 Å². The van der Waals surface area contributed by atoms with Gasteiger partial charge >= 0.3 is 6.16 Å². The van der Waals surface area contributed by atoms with Crippen molar-refractivity contribution in [2.75, 3.05) is 13.2 Å². The van der Waals surface area contributed by atoms with Crippen LogP contribution in [0.4, 0.5) is 4.79 Å². The molecule has 1 aliphatic rings. The second kappa shape index (κ2) is 7.85. The Kier molecular flexibility index (Phi) is 5.80. The van der Waals surface area contributed by atoms with Gasteiger partial charge in [-0.2, -0.15) is 0 Å². The third-order valence-electron chi connectivity index (χ3n) is 3.66. The highest BCUT2D eigenvalue weighted by atomic mass is 16.7. The van der Waals surface area contributed by atoms with E-state index in [-0.39, 0.29) is 5.88 Å². The summed E-state index contributed by atoms with van der Waals surface area (Å²) in [5.41, 5.74) is 1.07. The van der Waals surface area contributed by atoms with E-state index in [1.807, 2.05) is 6.07 Å². The number of hydrogen-bond donors (Lipinski definition) is 1. The van der Waals surface area contributed by atoms with Crippen molar-refractivity contribution < 1.29 is 19.4 Å². The Hall–Kier alpha value is -1.62. The number of ether oxygens (including phenoxy) is 2. The van der Waals surface area contributed by atoms with Gasteiger partial charge < -0.3 is 14.6 Å².